The van der Waals surface area contributed by atoms with Crippen molar-refractivity contribution in [1.29, 1.82) is 0 Å². The van der Waals surface area contributed by atoms with E-state index in [-0.39, 0.29) is 11.4 Å². The Kier molecular flexibility index (Phi) is 2.95. The van der Waals surface area contributed by atoms with Crippen molar-refractivity contribution in [3.63, 3.8) is 0 Å². The number of anilines is 2. The van der Waals surface area contributed by atoms with Gasteiger partial charge in [-0.3, -0.25) is 4.72 Å². The third-order valence-electron chi connectivity index (χ3n) is 2.29. The van der Waals surface area contributed by atoms with Crippen molar-refractivity contribution in [2.45, 2.75) is 11.8 Å². The number of aryl methyl sites for hydroxylation is 1. The van der Waals surface area contributed by atoms with Crippen molar-refractivity contribution in [2.75, 3.05) is 10.5 Å². The lowest BCUT2D eigenvalue weighted by Crippen LogP contribution is -2.15. The quantitative estimate of drug-likeness (QED) is 0.824. The van der Waals surface area contributed by atoms with E-state index < -0.39 is 20.7 Å². The SMILES string of the molecule is Cc1cc(F)c(S(=O)(=O)Nc2cnoc2)cc1N. The molecule has 6 nitrogen and oxygen atoms in total. The number of nitrogen functional groups attached to an aromatic ring is 1. The van der Waals surface area contributed by atoms with Crippen molar-refractivity contribution in [3.05, 3.63) is 36.0 Å². The van der Waals surface area contributed by atoms with Crippen molar-refractivity contribution in [1.82, 2.24) is 5.16 Å². The third kappa shape index (κ3) is 2.28. The van der Waals surface area contributed by atoms with Crippen molar-refractivity contribution < 1.29 is 17.3 Å². The van der Waals surface area contributed by atoms with Crippen LogP contribution in [-0.4, -0.2) is 13.6 Å². The van der Waals surface area contributed by atoms with Gasteiger partial charge in [-0.1, -0.05) is 5.16 Å². The van der Waals surface area contributed by atoms with E-state index in [1.807, 2.05) is 0 Å². The number of aromatic nitrogens is 1. The summed E-state index contributed by atoms with van der Waals surface area (Å²) in [6.45, 7) is 1.59. The molecule has 0 aliphatic rings. The number of hydrogen-bond donors (Lipinski definition) is 2. The van der Waals surface area contributed by atoms with E-state index in [0.29, 0.717) is 5.56 Å². The number of nitrogens with one attached hydrogen (secondary N) is 1. The van der Waals surface area contributed by atoms with Crippen LogP contribution in [0, 0.1) is 12.7 Å². The van der Waals surface area contributed by atoms with Gasteiger partial charge >= 0.3 is 0 Å². The number of sulfonamides is 1. The number of benzene rings is 1. The van der Waals surface area contributed by atoms with Gasteiger partial charge in [0.15, 0.2) is 0 Å². The molecule has 8 heteroatoms. The van der Waals surface area contributed by atoms with Crippen LogP contribution < -0.4 is 10.5 Å². The largest absolute Gasteiger partial charge is 0.398 e. The zero-order valence-corrected chi connectivity index (χ0v) is 10.2. The van der Waals surface area contributed by atoms with Gasteiger partial charge in [-0.15, -0.1) is 0 Å². The summed E-state index contributed by atoms with van der Waals surface area (Å²) in [4.78, 5) is -0.521. The van der Waals surface area contributed by atoms with Gasteiger partial charge in [-0.25, -0.2) is 12.8 Å². The van der Waals surface area contributed by atoms with E-state index >= 15 is 0 Å². The molecule has 0 radical (unpaired) electrons. The summed E-state index contributed by atoms with van der Waals surface area (Å²) in [5.41, 5.74) is 6.34. The number of rotatable bonds is 3. The van der Waals surface area contributed by atoms with E-state index in [9.17, 15) is 12.8 Å². The molecule has 2 rings (SSSR count). The van der Waals surface area contributed by atoms with Gasteiger partial charge in [0.1, 0.15) is 22.7 Å². The van der Waals surface area contributed by atoms with Crippen LogP contribution in [-0.2, 0) is 10.0 Å². The van der Waals surface area contributed by atoms with Gasteiger partial charge in [-0.2, -0.15) is 0 Å². The van der Waals surface area contributed by atoms with Crippen molar-refractivity contribution >= 4 is 21.4 Å². The van der Waals surface area contributed by atoms with Crippen LogP contribution in [0.3, 0.4) is 0 Å². The molecule has 1 aromatic carbocycles. The molecular weight excluding hydrogens is 261 g/mol. The molecule has 0 saturated heterocycles. The lowest BCUT2D eigenvalue weighted by atomic mass is 10.2. The van der Waals surface area contributed by atoms with E-state index in [2.05, 4.69) is 14.4 Å². The first-order chi connectivity index (χ1) is 8.40. The average molecular weight is 271 g/mol. The first kappa shape index (κ1) is 12.4. The standard InChI is InChI=1S/C10H10FN3O3S/c1-6-2-8(11)10(3-9(6)12)18(15,16)14-7-4-13-17-5-7/h2-5,14H,12H2,1H3. The Balaban J connectivity index is 2.44. The number of nitrogens with two attached hydrogens (primary N) is 1. The van der Waals surface area contributed by atoms with Gasteiger partial charge < -0.3 is 10.3 Å². The fourth-order valence-electron chi connectivity index (χ4n) is 1.34. The summed E-state index contributed by atoms with van der Waals surface area (Å²) in [6, 6.07) is 2.14. The minimum Gasteiger partial charge on any atom is -0.398 e. The van der Waals surface area contributed by atoms with Gasteiger partial charge in [-0.05, 0) is 24.6 Å². The zero-order chi connectivity index (χ0) is 13.3. The second kappa shape index (κ2) is 4.30. The maximum absolute atomic E-state index is 13.6. The highest BCUT2D eigenvalue weighted by atomic mass is 32.2. The Hall–Kier alpha value is -2.09. The molecule has 0 fully saturated rings. The molecule has 0 amide bonds. The highest BCUT2D eigenvalue weighted by Crippen LogP contribution is 2.23. The molecule has 96 valence electrons. The van der Waals surface area contributed by atoms with Crippen molar-refractivity contribution in [3.8, 4) is 0 Å². The van der Waals surface area contributed by atoms with E-state index in [4.69, 9.17) is 5.73 Å². The zero-order valence-electron chi connectivity index (χ0n) is 9.34. The molecule has 3 N–H and O–H groups in total. The Morgan fingerprint density at radius 2 is 2.17 bits per heavy atom. The van der Waals surface area contributed by atoms with E-state index in [0.717, 1.165) is 24.6 Å². The Morgan fingerprint density at radius 1 is 1.44 bits per heavy atom. The summed E-state index contributed by atoms with van der Waals surface area (Å²) in [5, 5.41) is 3.33. The molecule has 1 aromatic heterocycles. The number of hydrogen-bond acceptors (Lipinski definition) is 5. The molecule has 18 heavy (non-hydrogen) atoms. The Labute approximate surface area is 103 Å². The third-order valence-corrected chi connectivity index (χ3v) is 3.69. The highest BCUT2D eigenvalue weighted by Gasteiger charge is 2.21. The molecule has 0 aliphatic heterocycles. The second-order valence-electron chi connectivity index (χ2n) is 3.66. The summed E-state index contributed by atoms with van der Waals surface area (Å²) in [6.07, 6.45) is 2.25. The Morgan fingerprint density at radius 3 is 2.78 bits per heavy atom. The van der Waals surface area contributed by atoms with Gasteiger partial charge in [0, 0.05) is 5.69 Å². The molecule has 0 bridgehead atoms. The summed E-state index contributed by atoms with van der Waals surface area (Å²) < 4.78 is 44.1. The van der Waals surface area contributed by atoms with Crippen LogP contribution in [0.25, 0.3) is 0 Å². The Bertz CT molecular complexity index is 668. The lowest BCUT2D eigenvalue weighted by molar-refractivity contribution is 0.420. The normalized spacial score (nSPS) is 11.4. The first-order valence-corrected chi connectivity index (χ1v) is 6.36. The van der Waals surface area contributed by atoms with Crippen LogP contribution in [0.2, 0.25) is 0 Å². The number of halogens is 1. The molecular formula is C10H10FN3O3S. The van der Waals surface area contributed by atoms with Crippen molar-refractivity contribution in [2.24, 2.45) is 0 Å². The molecule has 0 aliphatic carbocycles. The predicted molar refractivity (Wildman–Crippen MR) is 62.9 cm³/mol. The van der Waals surface area contributed by atoms with Crippen LogP contribution in [0.1, 0.15) is 5.56 Å². The average Bonchev–Trinajstić information content (AvgIpc) is 2.75. The van der Waals surface area contributed by atoms with Gasteiger partial charge in [0.05, 0.1) is 6.20 Å². The molecule has 0 unspecified atom stereocenters. The molecule has 0 atom stereocenters. The fraction of sp³-hybridized carbons (Fsp3) is 0.100. The van der Waals surface area contributed by atoms with Gasteiger partial charge in [0.2, 0.25) is 0 Å². The smallest absolute Gasteiger partial charge is 0.265 e. The van der Waals surface area contributed by atoms with Gasteiger partial charge in [0.25, 0.3) is 10.0 Å². The molecule has 2 aromatic rings. The predicted octanol–water partition coefficient (Wildman–Crippen LogP) is 1.51. The lowest BCUT2D eigenvalue weighted by Gasteiger charge is -2.08. The van der Waals surface area contributed by atoms with E-state index in [1.54, 1.807) is 6.92 Å². The van der Waals surface area contributed by atoms with Crippen LogP contribution in [0.15, 0.2) is 34.0 Å². The van der Waals surface area contributed by atoms with E-state index in [1.165, 1.54) is 0 Å². The van der Waals surface area contributed by atoms with Crippen LogP contribution in [0.5, 0.6) is 0 Å². The maximum atomic E-state index is 13.6. The minimum atomic E-state index is -4.06. The fourth-order valence-corrected chi connectivity index (χ4v) is 2.46. The maximum Gasteiger partial charge on any atom is 0.265 e. The molecule has 1 heterocycles. The molecule has 0 spiro atoms. The summed E-state index contributed by atoms with van der Waals surface area (Å²) in [7, 11) is -4.06. The summed E-state index contributed by atoms with van der Waals surface area (Å²) in [5.74, 6) is -0.870. The number of nitrogens with zero attached hydrogens (tertiary/aromatic N) is 1. The monoisotopic (exact) mass is 271 g/mol. The van der Waals surface area contributed by atoms with Crippen LogP contribution in [0.4, 0.5) is 15.8 Å². The van der Waals surface area contributed by atoms with Crippen LogP contribution >= 0.6 is 0 Å². The highest BCUT2D eigenvalue weighted by molar-refractivity contribution is 7.92. The first-order valence-electron chi connectivity index (χ1n) is 4.88. The topological polar surface area (TPSA) is 98.2 Å². The molecule has 0 saturated carbocycles. The summed E-state index contributed by atoms with van der Waals surface area (Å²) >= 11 is 0. The second-order valence-corrected chi connectivity index (χ2v) is 5.31. The minimum absolute atomic E-state index is 0.105.